The van der Waals surface area contributed by atoms with Crippen LogP contribution in [0.5, 0.6) is 0 Å². The van der Waals surface area contributed by atoms with Crippen LogP contribution in [0.25, 0.3) is 10.2 Å². The molecule has 5 heteroatoms. The summed E-state index contributed by atoms with van der Waals surface area (Å²) in [7, 11) is 0. The van der Waals surface area contributed by atoms with Gasteiger partial charge in [0.15, 0.2) is 5.13 Å². The molecular formula is C17H16N2OS2. The van der Waals surface area contributed by atoms with Gasteiger partial charge in [0.2, 0.25) is 5.91 Å². The summed E-state index contributed by atoms with van der Waals surface area (Å²) >= 11 is 3.20. The highest BCUT2D eigenvalue weighted by atomic mass is 32.2. The Morgan fingerprint density at radius 2 is 1.95 bits per heavy atom. The van der Waals surface area contributed by atoms with Gasteiger partial charge in [-0.2, -0.15) is 0 Å². The van der Waals surface area contributed by atoms with Crippen molar-refractivity contribution >= 4 is 44.4 Å². The lowest BCUT2D eigenvalue weighted by atomic mass is 10.2. The molecule has 1 amide bonds. The van der Waals surface area contributed by atoms with Gasteiger partial charge in [0.05, 0.1) is 10.2 Å². The number of benzene rings is 2. The van der Waals surface area contributed by atoms with Crippen LogP contribution in [0.2, 0.25) is 0 Å². The number of amides is 1. The first kappa shape index (κ1) is 15.1. The Labute approximate surface area is 137 Å². The van der Waals surface area contributed by atoms with Crippen LogP contribution in [-0.4, -0.2) is 16.6 Å². The Morgan fingerprint density at radius 1 is 1.18 bits per heavy atom. The maximum Gasteiger partial charge on any atom is 0.226 e. The summed E-state index contributed by atoms with van der Waals surface area (Å²) in [5.74, 6) is 0.776. The highest BCUT2D eigenvalue weighted by Gasteiger charge is 2.07. The number of aromatic nitrogens is 1. The van der Waals surface area contributed by atoms with E-state index in [1.54, 1.807) is 11.8 Å². The van der Waals surface area contributed by atoms with Crippen molar-refractivity contribution in [2.75, 3.05) is 11.1 Å². The molecule has 0 aliphatic carbocycles. The number of hydrogen-bond acceptors (Lipinski definition) is 4. The number of aryl methyl sites for hydroxylation is 1. The molecule has 0 bridgehead atoms. The summed E-state index contributed by atoms with van der Waals surface area (Å²) in [5, 5.41) is 3.55. The number of carbonyl (C=O) groups excluding carboxylic acids is 1. The molecule has 1 heterocycles. The molecule has 0 atom stereocenters. The Kier molecular flexibility index (Phi) is 4.75. The van der Waals surface area contributed by atoms with Gasteiger partial charge in [0.1, 0.15) is 0 Å². The van der Waals surface area contributed by atoms with Crippen LogP contribution < -0.4 is 5.32 Å². The molecule has 0 fully saturated rings. The highest BCUT2D eigenvalue weighted by Crippen LogP contribution is 2.25. The first-order valence-electron chi connectivity index (χ1n) is 7.05. The zero-order valence-electron chi connectivity index (χ0n) is 12.2. The van der Waals surface area contributed by atoms with Crippen LogP contribution in [0, 0.1) is 6.92 Å². The van der Waals surface area contributed by atoms with Gasteiger partial charge in [0, 0.05) is 17.1 Å². The fraction of sp³-hybridized carbons (Fsp3) is 0.176. The molecule has 112 valence electrons. The number of fused-ring (bicyclic) bond motifs is 1. The topological polar surface area (TPSA) is 42.0 Å². The lowest BCUT2D eigenvalue weighted by Crippen LogP contribution is -2.11. The van der Waals surface area contributed by atoms with E-state index in [0.29, 0.717) is 11.6 Å². The first-order chi connectivity index (χ1) is 10.7. The van der Waals surface area contributed by atoms with Crippen molar-refractivity contribution in [1.82, 2.24) is 4.98 Å². The van der Waals surface area contributed by atoms with Gasteiger partial charge in [-0.1, -0.05) is 41.2 Å². The van der Waals surface area contributed by atoms with E-state index in [1.165, 1.54) is 21.8 Å². The summed E-state index contributed by atoms with van der Waals surface area (Å²) < 4.78 is 1.09. The number of nitrogens with zero attached hydrogens (tertiary/aromatic N) is 1. The summed E-state index contributed by atoms with van der Waals surface area (Å²) in [6.07, 6.45) is 0.481. The van der Waals surface area contributed by atoms with E-state index in [1.807, 2.05) is 24.3 Å². The van der Waals surface area contributed by atoms with Crippen LogP contribution >= 0.6 is 23.1 Å². The predicted molar refractivity (Wildman–Crippen MR) is 94.8 cm³/mol. The molecule has 3 aromatic rings. The number of thioether (sulfide) groups is 1. The number of hydrogen-bond donors (Lipinski definition) is 1. The number of para-hydroxylation sites is 1. The third kappa shape index (κ3) is 3.87. The van der Waals surface area contributed by atoms with E-state index in [2.05, 4.69) is 41.5 Å². The molecule has 0 saturated carbocycles. The minimum atomic E-state index is 0.0127. The van der Waals surface area contributed by atoms with Crippen molar-refractivity contribution < 1.29 is 4.79 Å². The van der Waals surface area contributed by atoms with E-state index in [4.69, 9.17) is 0 Å². The molecule has 3 rings (SSSR count). The smallest absolute Gasteiger partial charge is 0.226 e. The van der Waals surface area contributed by atoms with Crippen LogP contribution in [0.15, 0.2) is 53.4 Å². The molecule has 22 heavy (non-hydrogen) atoms. The molecule has 1 aromatic heterocycles. The quantitative estimate of drug-likeness (QED) is 0.689. The van der Waals surface area contributed by atoms with Crippen LogP contribution in [0.1, 0.15) is 12.0 Å². The summed E-state index contributed by atoms with van der Waals surface area (Å²) in [4.78, 5) is 17.6. The molecule has 0 radical (unpaired) electrons. The Bertz CT molecular complexity index is 748. The second kappa shape index (κ2) is 6.94. The molecule has 0 aliphatic heterocycles. The second-order valence-electron chi connectivity index (χ2n) is 4.95. The molecule has 0 aliphatic rings. The second-order valence-corrected chi connectivity index (χ2v) is 7.15. The Morgan fingerprint density at radius 3 is 2.73 bits per heavy atom. The number of rotatable bonds is 5. The zero-order valence-corrected chi connectivity index (χ0v) is 13.8. The first-order valence-corrected chi connectivity index (χ1v) is 8.86. The molecule has 3 nitrogen and oxygen atoms in total. The molecule has 0 saturated heterocycles. The van der Waals surface area contributed by atoms with Gasteiger partial charge in [-0.25, -0.2) is 4.98 Å². The average molecular weight is 328 g/mol. The molecular weight excluding hydrogens is 312 g/mol. The number of anilines is 1. The molecule has 0 unspecified atom stereocenters. The van der Waals surface area contributed by atoms with Crippen molar-refractivity contribution in [2.24, 2.45) is 0 Å². The normalized spacial score (nSPS) is 10.8. The summed E-state index contributed by atoms with van der Waals surface area (Å²) in [5.41, 5.74) is 2.18. The third-order valence-electron chi connectivity index (χ3n) is 3.16. The Hall–Kier alpha value is -1.85. The third-order valence-corrected chi connectivity index (χ3v) is 5.12. The summed E-state index contributed by atoms with van der Waals surface area (Å²) in [6, 6.07) is 16.2. The van der Waals surface area contributed by atoms with Crippen molar-refractivity contribution in [3.05, 3.63) is 54.1 Å². The van der Waals surface area contributed by atoms with Gasteiger partial charge >= 0.3 is 0 Å². The fourth-order valence-corrected chi connectivity index (χ4v) is 3.74. The van der Waals surface area contributed by atoms with Crippen molar-refractivity contribution in [3.63, 3.8) is 0 Å². The molecule has 0 spiro atoms. The van der Waals surface area contributed by atoms with E-state index in [0.717, 1.165) is 16.0 Å². The maximum absolute atomic E-state index is 12.0. The minimum Gasteiger partial charge on any atom is -0.302 e. The van der Waals surface area contributed by atoms with Crippen molar-refractivity contribution in [1.29, 1.82) is 0 Å². The van der Waals surface area contributed by atoms with Gasteiger partial charge in [-0.3, -0.25) is 4.79 Å². The number of thiazole rings is 1. The highest BCUT2D eigenvalue weighted by molar-refractivity contribution is 7.99. The number of nitrogens with one attached hydrogen (secondary N) is 1. The minimum absolute atomic E-state index is 0.0127. The lowest BCUT2D eigenvalue weighted by molar-refractivity contribution is -0.115. The lowest BCUT2D eigenvalue weighted by Gasteiger charge is -2.02. The SMILES string of the molecule is Cc1ccc(SCCC(=O)Nc2nc3ccccc3s2)cc1. The predicted octanol–water partition coefficient (Wildman–Crippen LogP) is 4.73. The van der Waals surface area contributed by atoms with E-state index in [9.17, 15) is 4.79 Å². The fourth-order valence-electron chi connectivity index (χ4n) is 2.00. The molecule has 1 N–H and O–H groups in total. The Balaban J connectivity index is 1.50. The van der Waals surface area contributed by atoms with E-state index in [-0.39, 0.29) is 5.91 Å². The van der Waals surface area contributed by atoms with Gasteiger partial charge in [0.25, 0.3) is 0 Å². The van der Waals surface area contributed by atoms with Crippen LogP contribution in [-0.2, 0) is 4.79 Å². The van der Waals surface area contributed by atoms with Gasteiger partial charge in [-0.15, -0.1) is 11.8 Å². The van der Waals surface area contributed by atoms with Crippen molar-refractivity contribution in [2.45, 2.75) is 18.2 Å². The van der Waals surface area contributed by atoms with Crippen molar-refractivity contribution in [3.8, 4) is 0 Å². The largest absolute Gasteiger partial charge is 0.302 e. The van der Waals surface area contributed by atoms with E-state index < -0.39 is 0 Å². The standard InChI is InChI=1S/C17H16N2OS2/c1-12-6-8-13(9-7-12)21-11-10-16(20)19-17-18-14-4-2-3-5-15(14)22-17/h2-9H,10-11H2,1H3,(H,18,19,20). The number of carbonyl (C=O) groups is 1. The van der Waals surface area contributed by atoms with Crippen LogP contribution in [0.3, 0.4) is 0 Å². The summed E-state index contributed by atoms with van der Waals surface area (Å²) in [6.45, 7) is 2.07. The monoisotopic (exact) mass is 328 g/mol. The average Bonchev–Trinajstić information content (AvgIpc) is 2.91. The van der Waals surface area contributed by atoms with E-state index >= 15 is 0 Å². The van der Waals surface area contributed by atoms with Gasteiger partial charge < -0.3 is 5.32 Å². The van der Waals surface area contributed by atoms with Crippen LogP contribution in [0.4, 0.5) is 5.13 Å². The maximum atomic E-state index is 12.0. The van der Waals surface area contributed by atoms with Gasteiger partial charge in [-0.05, 0) is 31.2 Å². The zero-order chi connectivity index (χ0) is 15.4. The molecule has 2 aromatic carbocycles.